The average molecular weight is 438 g/mol. The van der Waals surface area contributed by atoms with Gasteiger partial charge in [-0.1, -0.05) is 82.6 Å². The summed E-state index contributed by atoms with van der Waals surface area (Å²) in [5.41, 5.74) is 4.03. The zero-order chi connectivity index (χ0) is 22.4. The topological polar surface area (TPSA) is 29.1 Å². The summed E-state index contributed by atoms with van der Waals surface area (Å²) >= 11 is 0. The van der Waals surface area contributed by atoms with E-state index in [4.69, 9.17) is 0 Å². The maximum absolute atomic E-state index is 11.3. The smallest absolute Gasteiger partial charge is 0.219 e. The van der Waals surface area contributed by atoms with E-state index >= 15 is 0 Å². The first kappa shape index (κ1) is 23.8. The molecule has 32 heavy (non-hydrogen) atoms. The number of carbonyl (C=O) groups excluding carboxylic acids is 1. The second kappa shape index (κ2) is 11.2. The molecule has 2 saturated carbocycles. The monoisotopic (exact) mass is 437 g/mol. The zero-order valence-electron chi connectivity index (χ0n) is 20.8. The van der Waals surface area contributed by atoms with Crippen LogP contribution in [0.1, 0.15) is 120 Å². The molecule has 0 aromatic heterocycles. The van der Waals surface area contributed by atoms with Crippen molar-refractivity contribution in [1.82, 2.24) is 5.32 Å². The third-order valence-electron chi connectivity index (χ3n) is 9.54. The van der Waals surface area contributed by atoms with Gasteiger partial charge in [0.2, 0.25) is 5.91 Å². The Morgan fingerprint density at radius 3 is 2.50 bits per heavy atom. The van der Waals surface area contributed by atoms with Crippen molar-refractivity contribution < 1.29 is 4.79 Å². The molecule has 2 fully saturated rings. The summed E-state index contributed by atoms with van der Waals surface area (Å²) in [7, 11) is 1.73. The third kappa shape index (κ3) is 5.42. The molecule has 1 aromatic rings. The van der Waals surface area contributed by atoms with Crippen molar-refractivity contribution in [3.8, 4) is 0 Å². The van der Waals surface area contributed by atoms with Gasteiger partial charge >= 0.3 is 0 Å². The highest BCUT2D eigenvalue weighted by Gasteiger charge is 2.53. The number of aryl methyl sites for hydroxylation is 1. The summed E-state index contributed by atoms with van der Waals surface area (Å²) < 4.78 is 0. The lowest BCUT2D eigenvalue weighted by atomic mass is 9.51. The maximum atomic E-state index is 11.3. The van der Waals surface area contributed by atoms with E-state index in [0.29, 0.717) is 11.8 Å². The van der Waals surface area contributed by atoms with Gasteiger partial charge in [-0.25, -0.2) is 0 Å². The molecule has 0 radical (unpaired) electrons. The third-order valence-corrected chi connectivity index (χ3v) is 9.54. The normalized spacial score (nSPS) is 30.9. The minimum Gasteiger partial charge on any atom is -0.359 e. The van der Waals surface area contributed by atoms with Gasteiger partial charge in [-0.15, -0.1) is 0 Å². The van der Waals surface area contributed by atoms with Crippen molar-refractivity contribution in [3.05, 3.63) is 35.4 Å². The Hall–Kier alpha value is -1.31. The predicted molar refractivity (Wildman–Crippen MR) is 135 cm³/mol. The van der Waals surface area contributed by atoms with Crippen LogP contribution in [0.4, 0.5) is 0 Å². The number of hydrogen-bond acceptors (Lipinski definition) is 1. The molecule has 0 aliphatic heterocycles. The Kier molecular flexibility index (Phi) is 8.35. The van der Waals surface area contributed by atoms with Gasteiger partial charge in [0.05, 0.1) is 0 Å². The molecule has 5 atom stereocenters. The van der Waals surface area contributed by atoms with Crippen LogP contribution in [0.2, 0.25) is 0 Å². The summed E-state index contributed by atoms with van der Waals surface area (Å²) in [6, 6.07) is 9.46. The van der Waals surface area contributed by atoms with Crippen molar-refractivity contribution in [2.24, 2.45) is 23.2 Å². The molecular formula is C30H47NO. The largest absolute Gasteiger partial charge is 0.359 e. The highest BCUT2D eigenvalue weighted by Crippen LogP contribution is 2.63. The van der Waals surface area contributed by atoms with E-state index in [9.17, 15) is 4.79 Å². The van der Waals surface area contributed by atoms with Gasteiger partial charge in [0.25, 0.3) is 0 Å². The molecule has 1 aromatic carbocycles. The molecule has 3 aliphatic rings. The van der Waals surface area contributed by atoms with E-state index in [-0.39, 0.29) is 5.91 Å². The van der Waals surface area contributed by atoms with Gasteiger partial charge in [0, 0.05) is 13.5 Å². The molecule has 2 heteroatoms. The van der Waals surface area contributed by atoms with Crippen LogP contribution in [0.25, 0.3) is 0 Å². The molecule has 0 saturated heterocycles. The number of unbranched alkanes of at least 4 members (excludes halogenated alkanes) is 7. The van der Waals surface area contributed by atoms with Crippen LogP contribution >= 0.6 is 0 Å². The van der Waals surface area contributed by atoms with E-state index in [2.05, 4.69) is 36.5 Å². The van der Waals surface area contributed by atoms with E-state index in [1.54, 1.807) is 18.2 Å². The number of rotatable bonds is 11. The number of amides is 1. The van der Waals surface area contributed by atoms with Gasteiger partial charge in [0.1, 0.15) is 0 Å². The Labute approximate surface area is 197 Å². The highest BCUT2D eigenvalue weighted by molar-refractivity contribution is 5.75. The SMILES string of the molecule is CNC(=O)CCCCCCCCCC[C@H]1C[C@]2(C)CCC[C@H]2[C@@H]2CCc3ccccc3[C@@H]12. The van der Waals surface area contributed by atoms with E-state index in [1.165, 1.54) is 89.9 Å². The van der Waals surface area contributed by atoms with Crippen LogP contribution in [-0.2, 0) is 11.2 Å². The number of nitrogens with one attached hydrogen (secondary N) is 1. The molecule has 0 heterocycles. The summed E-state index contributed by atoms with van der Waals surface area (Å²) in [5, 5.41) is 2.72. The lowest BCUT2D eigenvalue weighted by Gasteiger charge is -2.53. The highest BCUT2D eigenvalue weighted by atomic mass is 16.1. The van der Waals surface area contributed by atoms with Crippen molar-refractivity contribution in [2.75, 3.05) is 7.05 Å². The van der Waals surface area contributed by atoms with Crippen molar-refractivity contribution in [1.29, 1.82) is 0 Å². The quantitative estimate of drug-likeness (QED) is 0.351. The second-order valence-corrected chi connectivity index (χ2v) is 11.6. The standard InChI is InChI=1S/C30H47NO/c1-30-21-13-17-27(30)26-20-19-23-14-11-12-16-25(23)29(26)24(22-30)15-9-7-5-3-4-6-8-10-18-28(32)31-2/h11-12,14,16,24,26-27,29H,3-10,13,15,17-22H2,1-2H3,(H,31,32)/t24-,26-,27-,29+,30-/m0/s1. The minimum absolute atomic E-state index is 0.188. The van der Waals surface area contributed by atoms with Crippen LogP contribution in [0, 0.1) is 23.2 Å². The number of carbonyl (C=O) groups is 1. The summed E-state index contributed by atoms with van der Waals surface area (Å²) in [5.74, 6) is 3.88. The molecule has 2 nitrogen and oxygen atoms in total. The Balaban J connectivity index is 1.23. The van der Waals surface area contributed by atoms with Crippen molar-refractivity contribution in [2.45, 2.75) is 116 Å². The fourth-order valence-electron chi connectivity index (χ4n) is 8.00. The summed E-state index contributed by atoms with van der Waals surface area (Å²) in [4.78, 5) is 11.3. The fourth-order valence-corrected chi connectivity index (χ4v) is 8.00. The van der Waals surface area contributed by atoms with Crippen LogP contribution in [0.5, 0.6) is 0 Å². The molecule has 0 bridgehead atoms. The maximum Gasteiger partial charge on any atom is 0.219 e. The van der Waals surface area contributed by atoms with Crippen LogP contribution in [0.15, 0.2) is 24.3 Å². The molecule has 1 N–H and O–H groups in total. The molecule has 0 spiro atoms. The first-order chi connectivity index (χ1) is 15.6. The van der Waals surface area contributed by atoms with Crippen LogP contribution in [-0.4, -0.2) is 13.0 Å². The first-order valence-electron chi connectivity index (χ1n) is 13.9. The number of fused-ring (bicyclic) bond motifs is 5. The van der Waals surface area contributed by atoms with E-state index < -0.39 is 0 Å². The molecule has 4 rings (SSSR count). The molecular weight excluding hydrogens is 390 g/mol. The van der Waals surface area contributed by atoms with Gasteiger partial charge in [-0.05, 0) is 85.2 Å². The summed E-state index contributed by atoms with van der Waals surface area (Å²) in [6.07, 6.45) is 21.3. The Morgan fingerprint density at radius 1 is 1.00 bits per heavy atom. The lowest BCUT2D eigenvalue weighted by Crippen LogP contribution is -2.44. The van der Waals surface area contributed by atoms with Gasteiger partial charge in [-0.2, -0.15) is 0 Å². The molecule has 3 aliphatic carbocycles. The predicted octanol–water partition coefficient (Wildman–Crippen LogP) is 7.81. The second-order valence-electron chi connectivity index (χ2n) is 11.6. The van der Waals surface area contributed by atoms with Gasteiger partial charge < -0.3 is 5.32 Å². The first-order valence-corrected chi connectivity index (χ1v) is 13.9. The molecule has 178 valence electrons. The van der Waals surface area contributed by atoms with Gasteiger partial charge in [-0.3, -0.25) is 4.79 Å². The minimum atomic E-state index is 0.188. The van der Waals surface area contributed by atoms with E-state index in [0.717, 1.165) is 30.1 Å². The van der Waals surface area contributed by atoms with E-state index in [1.807, 2.05) is 0 Å². The number of benzene rings is 1. The van der Waals surface area contributed by atoms with Gasteiger partial charge in [0.15, 0.2) is 0 Å². The van der Waals surface area contributed by atoms with Crippen molar-refractivity contribution >= 4 is 5.91 Å². The number of hydrogen-bond donors (Lipinski definition) is 1. The van der Waals surface area contributed by atoms with Crippen molar-refractivity contribution in [3.63, 3.8) is 0 Å². The van der Waals surface area contributed by atoms with Crippen LogP contribution < -0.4 is 5.32 Å². The Morgan fingerprint density at radius 2 is 1.72 bits per heavy atom. The average Bonchev–Trinajstić information content (AvgIpc) is 3.21. The fraction of sp³-hybridized carbons (Fsp3) is 0.767. The summed E-state index contributed by atoms with van der Waals surface area (Å²) in [6.45, 7) is 2.65. The Bertz CT molecular complexity index is 742. The zero-order valence-corrected chi connectivity index (χ0v) is 20.8. The molecule has 1 amide bonds. The lowest BCUT2D eigenvalue weighted by molar-refractivity contribution is -0.120. The molecule has 0 unspecified atom stereocenters. The van der Waals surface area contributed by atoms with Crippen LogP contribution in [0.3, 0.4) is 0 Å².